The highest BCUT2D eigenvalue weighted by Crippen LogP contribution is 2.22. The number of hydrogen-bond acceptors (Lipinski definition) is 1. The van der Waals surface area contributed by atoms with Crippen LogP contribution in [0.25, 0.3) is 0 Å². The van der Waals surface area contributed by atoms with Gasteiger partial charge in [-0.15, -0.1) is 0 Å². The standard InChI is InChI=1S/C12H21NO/c1-3-10(2)12(14)13-9-11-7-5-4-6-8-11/h9-11H,3-8H2,1-2H3. The number of aliphatic imine (C=N–C) groups is 1. The predicted octanol–water partition coefficient (Wildman–Crippen LogP) is 3.21. The summed E-state index contributed by atoms with van der Waals surface area (Å²) in [6.45, 7) is 3.97. The smallest absolute Gasteiger partial charge is 0.248 e. The van der Waals surface area contributed by atoms with Crippen molar-refractivity contribution in [3.8, 4) is 0 Å². The minimum absolute atomic E-state index is 0.0538. The van der Waals surface area contributed by atoms with Gasteiger partial charge in [0.1, 0.15) is 0 Å². The SMILES string of the molecule is CCC(C)C(=O)N=CC1CCCCC1. The van der Waals surface area contributed by atoms with Gasteiger partial charge < -0.3 is 0 Å². The first-order valence-electron chi connectivity index (χ1n) is 5.82. The molecule has 0 spiro atoms. The van der Waals surface area contributed by atoms with Crippen LogP contribution in [-0.2, 0) is 4.79 Å². The van der Waals surface area contributed by atoms with Crippen LogP contribution in [0.1, 0.15) is 52.4 Å². The normalized spacial score (nSPS) is 21.3. The van der Waals surface area contributed by atoms with Crippen molar-refractivity contribution < 1.29 is 4.79 Å². The lowest BCUT2D eigenvalue weighted by Crippen LogP contribution is -2.11. The molecule has 0 saturated heterocycles. The van der Waals surface area contributed by atoms with Gasteiger partial charge >= 0.3 is 0 Å². The summed E-state index contributed by atoms with van der Waals surface area (Å²) in [5, 5.41) is 0. The Labute approximate surface area is 86.8 Å². The molecule has 1 aliphatic carbocycles. The molecule has 0 aromatic carbocycles. The molecule has 0 bridgehead atoms. The molecule has 1 amide bonds. The first-order chi connectivity index (χ1) is 6.74. The largest absolute Gasteiger partial charge is 0.272 e. The van der Waals surface area contributed by atoms with Crippen molar-refractivity contribution in [3.05, 3.63) is 0 Å². The second kappa shape index (κ2) is 5.94. The summed E-state index contributed by atoms with van der Waals surface area (Å²) in [4.78, 5) is 15.5. The Morgan fingerprint density at radius 3 is 2.64 bits per heavy atom. The monoisotopic (exact) mass is 195 g/mol. The fourth-order valence-electron chi connectivity index (χ4n) is 1.76. The third kappa shape index (κ3) is 3.60. The van der Waals surface area contributed by atoms with Gasteiger partial charge in [0, 0.05) is 12.1 Å². The van der Waals surface area contributed by atoms with E-state index in [4.69, 9.17) is 0 Å². The van der Waals surface area contributed by atoms with Crippen LogP contribution in [0.4, 0.5) is 0 Å². The first kappa shape index (κ1) is 11.4. The van der Waals surface area contributed by atoms with Gasteiger partial charge in [0.05, 0.1) is 0 Å². The van der Waals surface area contributed by atoms with Gasteiger partial charge in [0.2, 0.25) is 5.91 Å². The van der Waals surface area contributed by atoms with Crippen molar-refractivity contribution in [2.75, 3.05) is 0 Å². The molecular weight excluding hydrogens is 174 g/mol. The lowest BCUT2D eigenvalue weighted by atomic mass is 9.90. The summed E-state index contributed by atoms with van der Waals surface area (Å²) >= 11 is 0. The van der Waals surface area contributed by atoms with Crippen LogP contribution in [0.3, 0.4) is 0 Å². The Balaban J connectivity index is 2.34. The van der Waals surface area contributed by atoms with E-state index in [9.17, 15) is 4.79 Å². The van der Waals surface area contributed by atoms with E-state index in [1.54, 1.807) is 0 Å². The van der Waals surface area contributed by atoms with E-state index < -0.39 is 0 Å². The lowest BCUT2D eigenvalue weighted by molar-refractivity contribution is -0.121. The zero-order chi connectivity index (χ0) is 10.4. The van der Waals surface area contributed by atoms with Crippen LogP contribution in [-0.4, -0.2) is 12.1 Å². The van der Waals surface area contributed by atoms with E-state index in [-0.39, 0.29) is 11.8 Å². The molecule has 1 aliphatic rings. The van der Waals surface area contributed by atoms with Crippen LogP contribution < -0.4 is 0 Å². The quantitative estimate of drug-likeness (QED) is 0.636. The minimum atomic E-state index is 0.0538. The average Bonchev–Trinajstić information content (AvgIpc) is 2.26. The van der Waals surface area contributed by atoms with Crippen LogP contribution in [0.15, 0.2) is 4.99 Å². The molecule has 14 heavy (non-hydrogen) atoms. The van der Waals surface area contributed by atoms with Crippen molar-refractivity contribution in [2.24, 2.45) is 16.8 Å². The second-order valence-corrected chi connectivity index (χ2v) is 4.32. The van der Waals surface area contributed by atoms with Crippen molar-refractivity contribution in [2.45, 2.75) is 52.4 Å². The Kier molecular flexibility index (Phi) is 4.85. The molecule has 2 heteroatoms. The summed E-state index contributed by atoms with van der Waals surface area (Å²) in [6.07, 6.45) is 9.18. The lowest BCUT2D eigenvalue weighted by Gasteiger charge is -2.16. The highest BCUT2D eigenvalue weighted by Gasteiger charge is 2.12. The molecule has 1 fully saturated rings. The maximum absolute atomic E-state index is 11.4. The summed E-state index contributed by atoms with van der Waals surface area (Å²) in [5.74, 6) is 0.713. The van der Waals surface area contributed by atoms with Gasteiger partial charge in [-0.3, -0.25) is 4.79 Å². The third-order valence-electron chi connectivity index (χ3n) is 3.10. The Bertz CT molecular complexity index is 204. The van der Waals surface area contributed by atoms with Gasteiger partial charge in [-0.1, -0.05) is 33.1 Å². The molecule has 0 heterocycles. The molecule has 1 rings (SSSR count). The number of rotatable bonds is 3. The van der Waals surface area contributed by atoms with Crippen LogP contribution in [0.2, 0.25) is 0 Å². The number of hydrogen-bond donors (Lipinski definition) is 0. The zero-order valence-corrected chi connectivity index (χ0v) is 9.33. The number of carbonyl (C=O) groups excluding carboxylic acids is 1. The number of carbonyl (C=O) groups is 1. The predicted molar refractivity (Wildman–Crippen MR) is 59.5 cm³/mol. The van der Waals surface area contributed by atoms with E-state index >= 15 is 0 Å². The maximum atomic E-state index is 11.4. The Hall–Kier alpha value is -0.660. The summed E-state index contributed by atoms with van der Waals surface area (Å²) in [6, 6.07) is 0. The molecular formula is C12H21NO. The van der Waals surface area contributed by atoms with E-state index in [2.05, 4.69) is 4.99 Å². The van der Waals surface area contributed by atoms with Crippen LogP contribution in [0, 0.1) is 11.8 Å². The second-order valence-electron chi connectivity index (χ2n) is 4.32. The van der Waals surface area contributed by atoms with E-state index in [1.807, 2.05) is 20.1 Å². The highest BCUT2D eigenvalue weighted by molar-refractivity contribution is 5.87. The Morgan fingerprint density at radius 1 is 1.43 bits per heavy atom. The van der Waals surface area contributed by atoms with Crippen molar-refractivity contribution in [1.82, 2.24) is 0 Å². The maximum Gasteiger partial charge on any atom is 0.248 e. The van der Waals surface area contributed by atoms with Crippen LogP contribution >= 0.6 is 0 Å². The van der Waals surface area contributed by atoms with Gasteiger partial charge in [-0.05, 0) is 25.2 Å². The molecule has 0 aromatic rings. The fourth-order valence-corrected chi connectivity index (χ4v) is 1.76. The van der Waals surface area contributed by atoms with Crippen molar-refractivity contribution >= 4 is 12.1 Å². The first-order valence-corrected chi connectivity index (χ1v) is 5.82. The van der Waals surface area contributed by atoms with E-state index in [0.29, 0.717) is 5.92 Å². The van der Waals surface area contributed by atoms with Gasteiger partial charge in [0.15, 0.2) is 0 Å². The molecule has 1 unspecified atom stereocenters. The van der Waals surface area contributed by atoms with Crippen molar-refractivity contribution in [1.29, 1.82) is 0 Å². The molecule has 1 saturated carbocycles. The fraction of sp³-hybridized carbons (Fsp3) is 0.833. The van der Waals surface area contributed by atoms with Crippen molar-refractivity contribution in [3.63, 3.8) is 0 Å². The number of amides is 1. The van der Waals surface area contributed by atoms with Gasteiger partial charge in [-0.25, -0.2) is 4.99 Å². The average molecular weight is 195 g/mol. The molecule has 80 valence electrons. The summed E-state index contributed by atoms with van der Waals surface area (Å²) in [7, 11) is 0. The molecule has 1 atom stereocenters. The zero-order valence-electron chi connectivity index (χ0n) is 9.33. The summed E-state index contributed by atoms with van der Waals surface area (Å²) in [5.41, 5.74) is 0. The molecule has 0 aliphatic heterocycles. The van der Waals surface area contributed by atoms with Crippen LogP contribution in [0.5, 0.6) is 0 Å². The molecule has 0 N–H and O–H groups in total. The molecule has 0 radical (unpaired) electrons. The third-order valence-corrected chi connectivity index (χ3v) is 3.10. The number of nitrogens with zero attached hydrogens (tertiary/aromatic N) is 1. The highest BCUT2D eigenvalue weighted by atomic mass is 16.1. The van der Waals surface area contributed by atoms with E-state index in [1.165, 1.54) is 32.1 Å². The molecule has 0 aromatic heterocycles. The Morgan fingerprint density at radius 2 is 2.07 bits per heavy atom. The minimum Gasteiger partial charge on any atom is -0.272 e. The topological polar surface area (TPSA) is 29.4 Å². The van der Waals surface area contributed by atoms with E-state index in [0.717, 1.165) is 6.42 Å². The van der Waals surface area contributed by atoms with Gasteiger partial charge in [0.25, 0.3) is 0 Å². The molecule has 2 nitrogen and oxygen atoms in total. The summed E-state index contributed by atoms with van der Waals surface area (Å²) < 4.78 is 0. The van der Waals surface area contributed by atoms with Gasteiger partial charge in [-0.2, -0.15) is 0 Å².